The van der Waals surface area contributed by atoms with E-state index in [4.69, 9.17) is 4.74 Å². The Balaban J connectivity index is 2.35. The second-order valence-corrected chi connectivity index (χ2v) is 3.94. The molecule has 1 aliphatic rings. The Hall–Kier alpha value is -1.02. The van der Waals surface area contributed by atoms with Gasteiger partial charge in [-0.2, -0.15) is 0 Å². The summed E-state index contributed by atoms with van der Waals surface area (Å²) in [6.07, 6.45) is 2.12. The molecule has 0 saturated heterocycles. The summed E-state index contributed by atoms with van der Waals surface area (Å²) in [6.45, 7) is 6.18. The number of hydrogen-bond donors (Lipinski definition) is 1. The molecule has 82 valence electrons. The first-order valence-corrected chi connectivity index (χ1v) is 5.84. The lowest BCUT2D eigenvalue weighted by Gasteiger charge is -2.28. The Bertz CT molecular complexity index is 335. The summed E-state index contributed by atoms with van der Waals surface area (Å²) >= 11 is 0. The molecular weight excluding hydrogens is 186 g/mol. The van der Waals surface area contributed by atoms with Crippen LogP contribution < -0.4 is 10.1 Å². The van der Waals surface area contributed by atoms with Gasteiger partial charge in [0.1, 0.15) is 5.75 Å². The van der Waals surface area contributed by atoms with Crippen molar-refractivity contribution in [3.63, 3.8) is 0 Å². The minimum absolute atomic E-state index is 0.477. The van der Waals surface area contributed by atoms with Crippen LogP contribution in [0.3, 0.4) is 0 Å². The highest BCUT2D eigenvalue weighted by molar-refractivity contribution is 5.44. The molecule has 0 saturated carbocycles. The van der Waals surface area contributed by atoms with Crippen molar-refractivity contribution in [2.24, 2.45) is 0 Å². The van der Waals surface area contributed by atoms with Crippen molar-refractivity contribution in [3.05, 3.63) is 29.3 Å². The molecule has 0 amide bonds. The molecule has 1 atom stereocenters. The number of para-hydroxylation sites is 1. The molecule has 2 nitrogen and oxygen atoms in total. The molecule has 0 bridgehead atoms. The largest absolute Gasteiger partial charge is 0.493 e. The van der Waals surface area contributed by atoms with Gasteiger partial charge < -0.3 is 10.1 Å². The lowest BCUT2D eigenvalue weighted by Crippen LogP contribution is -2.27. The molecule has 1 heterocycles. The molecular formula is C13H19NO. The van der Waals surface area contributed by atoms with Gasteiger partial charge in [-0.3, -0.25) is 0 Å². The summed E-state index contributed by atoms with van der Waals surface area (Å²) in [6, 6.07) is 6.95. The van der Waals surface area contributed by atoms with Gasteiger partial charge in [-0.05, 0) is 18.5 Å². The monoisotopic (exact) mass is 205 g/mol. The number of aryl methyl sites for hydroxylation is 1. The van der Waals surface area contributed by atoms with Crippen molar-refractivity contribution in [2.75, 3.05) is 13.2 Å². The van der Waals surface area contributed by atoms with Crippen LogP contribution in [0.5, 0.6) is 5.75 Å². The molecule has 0 aromatic heterocycles. The third-order valence-corrected chi connectivity index (χ3v) is 2.99. The van der Waals surface area contributed by atoms with Crippen LogP contribution in [0.25, 0.3) is 0 Å². The molecule has 1 N–H and O–H groups in total. The predicted molar refractivity (Wildman–Crippen MR) is 62.3 cm³/mol. The Morgan fingerprint density at radius 2 is 2.27 bits per heavy atom. The van der Waals surface area contributed by atoms with Crippen LogP contribution in [0.1, 0.15) is 37.4 Å². The van der Waals surface area contributed by atoms with Crippen LogP contribution in [-0.4, -0.2) is 13.2 Å². The van der Waals surface area contributed by atoms with Crippen molar-refractivity contribution >= 4 is 0 Å². The van der Waals surface area contributed by atoms with Crippen LogP contribution in [0.15, 0.2) is 18.2 Å². The van der Waals surface area contributed by atoms with Crippen LogP contribution in [-0.2, 0) is 6.42 Å². The molecule has 2 rings (SSSR count). The first-order valence-electron chi connectivity index (χ1n) is 5.84. The molecule has 0 aliphatic carbocycles. The molecule has 1 aliphatic heterocycles. The van der Waals surface area contributed by atoms with Gasteiger partial charge in [-0.1, -0.05) is 32.0 Å². The summed E-state index contributed by atoms with van der Waals surface area (Å²) in [4.78, 5) is 0. The molecule has 1 unspecified atom stereocenters. The fourth-order valence-corrected chi connectivity index (χ4v) is 2.23. The standard InChI is InChI=1S/C13H19NO/c1-3-10-6-5-7-11-12(14-4-2)8-9-15-13(10)11/h5-7,12,14H,3-4,8-9H2,1-2H3. The minimum atomic E-state index is 0.477. The SMILES string of the molecule is CCNC1CCOc2c(CC)cccc21. The number of nitrogens with one attached hydrogen (secondary N) is 1. The van der Waals surface area contributed by atoms with E-state index < -0.39 is 0 Å². The zero-order valence-electron chi connectivity index (χ0n) is 9.55. The molecule has 15 heavy (non-hydrogen) atoms. The maximum atomic E-state index is 5.78. The number of benzene rings is 1. The minimum Gasteiger partial charge on any atom is -0.493 e. The van der Waals surface area contributed by atoms with Crippen LogP contribution >= 0.6 is 0 Å². The van der Waals surface area contributed by atoms with E-state index in [-0.39, 0.29) is 0 Å². The lowest BCUT2D eigenvalue weighted by atomic mass is 9.96. The first kappa shape index (κ1) is 10.5. The molecule has 2 heteroatoms. The Kier molecular flexibility index (Phi) is 3.27. The van der Waals surface area contributed by atoms with E-state index in [1.165, 1.54) is 11.1 Å². The quantitative estimate of drug-likeness (QED) is 0.819. The lowest BCUT2D eigenvalue weighted by molar-refractivity contribution is 0.252. The molecule has 0 radical (unpaired) electrons. The van der Waals surface area contributed by atoms with Crippen molar-refractivity contribution in [1.82, 2.24) is 5.32 Å². The fraction of sp³-hybridized carbons (Fsp3) is 0.538. The van der Waals surface area contributed by atoms with E-state index in [0.717, 1.165) is 31.7 Å². The van der Waals surface area contributed by atoms with E-state index in [1.807, 2.05) is 0 Å². The highest BCUT2D eigenvalue weighted by Gasteiger charge is 2.21. The normalized spacial score (nSPS) is 19.5. The van der Waals surface area contributed by atoms with Gasteiger partial charge in [0.2, 0.25) is 0 Å². The van der Waals surface area contributed by atoms with Gasteiger partial charge in [0, 0.05) is 18.0 Å². The maximum absolute atomic E-state index is 5.78. The number of hydrogen-bond acceptors (Lipinski definition) is 2. The summed E-state index contributed by atoms with van der Waals surface area (Å²) in [5.41, 5.74) is 2.66. The molecule has 1 aromatic carbocycles. The van der Waals surface area contributed by atoms with E-state index in [1.54, 1.807) is 0 Å². The van der Waals surface area contributed by atoms with Crippen molar-refractivity contribution in [2.45, 2.75) is 32.7 Å². The van der Waals surface area contributed by atoms with Gasteiger partial charge >= 0.3 is 0 Å². The third kappa shape index (κ3) is 2.00. The maximum Gasteiger partial charge on any atom is 0.127 e. The zero-order chi connectivity index (χ0) is 10.7. The van der Waals surface area contributed by atoms with Gasteiger partial charge in [0.25, 0.3) is 0 Å². The van der Waals surface area contributed by atoms with Crippen LogP contribution in [0.4, 0.5) is 0 Å². The summed E-state index contributed by atoms with van der Waals surface area (Å²) < 4.78 is 5.78. The number of ether oxygens (including phenoxy) is 1. The summed E-state index contributed by atoms with van der Waals surface area (Å²) in [5.74, 6) is 1.12. The summed E-state index contributed by atoms with van der Waals surface area (Å²) in [7, 11) is 0. The first-order chi connectivity index (χ1) is 7.36. The van der Waals surface area contributed by atoms with Gasteiger partial charge in [-0.25, -0.2) is 0 Å². The van der Waals surface area contributed by atoms with E-state index in [2.05, 4.69) is 37.4 Å². The van der Waals surface area contributed by atoms with Gasteiger partial charge in [-0.15, -0.1) is 0 Å². The van der Waals surface area contributed by atoms with Crippen LogP contribution in [0.2, 0.25) is 0 Å². The van der Waals surface area contributed by atoms with E-state index in [0.29, 0.717) is 6.04 Å². The van der Waals surface area contributed by atoms with Crippen molar-refractivity contribution in [3.8, 4) is 5.75 Å². The topological polar surface area (TPSA) is 21.3 Å². The van der Waals surface area contributed by atoms with E-state index in [9.17, 15) is 0 Å². The zero-order valence-corrected chi connectivity index (χ0v) is 9.55. The second kappa shape index (κ2) is 4.67. The van der Waals surface area contributed by atoms with Crippen molar-refractivity contribution in [1.29, 1.82) is 0 Å². The number of rotatable bonds is 3. The second-order valence-electron chi connectivity index (χ2n) is 3.94. The highest BCUT2D eigenvalue weighted by Crippen LogP contribution is 2.34. The van der Waals surface area contributed by atoms with E-state index >= 15 is 0 Å². The molecule has 0 fully saturated rings. The van der Waals surface area contributed by atoms with Gasteiger partial charge in [0.05, 0.1) is 6.61 Å². The third-order valence-electron chi connectivity index (χ3n) is 2.99. The Labute approximate surface area is 91.6 Å². The average Bonchev–Trinajstić information content (AvgIpc) is 2.29. The smallest absolute Gasteiger partial charge is 0.127 e. The average molecular weight is 205 g/mol. The van der Waals surface area contributed by atoms with Crippen molar-refractivity contribution < 1.29 is 4.74 Å². The summed E-state index contributed by atoms with van der Waals surface area (Å²) in [5, 5.41) is 3.51. The highest BCUT2D eigenvalue weighted by atomic mass is 16.5. The molecule has 0 spiro atoms. The number of fused-ring (bicyclic) bond motifs is 1. The Morgan fingerprint density at radius 3 is 3.00 bits per heavy atom. The Morgan fingerprint density at radius 1 is 1.40 bits per heavy atom. The predicted octanol–water partition coefficient (Wildman–Crippen LogP) is 2.68. The fourth-order valence-electron chi connectivity index (χ4n) is 2.23. The van der Waals surface area contributed by atoms with Crippen LogP contribution in [0, 0.1) is 0 Å². The molecule has 1 aromatic rings. The van der Waals surface area contributed by atoms with Gasteiger partial charge in [0.15, 0.2) is 0 Å².